The van der Waals surface area contributed by atoms with Crippen molar-refractivity contribution in [3.8, 4) is 5.75 Å². The number of ether oxygens (including phenoxy) is 1. The number of hydrogen-bond acceptors (Lipinski definition) is 4. The van der Waals surface area contributed by atoms with Crippen molar-refractivity contribution in [2.45, 2.75) is 31.8 Å². The number of nitrogens with zero attached hydrogens (tertiary/aromatic N) is 1. The Morgan fingerprint density at radius 3 is 3.11 bits per heavy atom. The third kappa shape index (κ3) is 2.65. The predicted octanol–water partition coefficient (Wildman–Crippen LogP) is 3.44. The van der Waals surface area contributed by atoms with Crippen molar-refractivity contribution in [3.63, 3.8) is 0 Å². The van der Waals surface area contributed by atoms with E-state index in [0.29, 0.717) is 12.3 Å². The number of hydrogen-bond donors (Lipinski definition) is 1. The summed E-state index contributed by atoms with van der Waals surface area (Å²) < 4.78 is 5.65. The van der Waals surface area contributed by atoms with Gasteiger partial charge in [-0.1, -0.05) is 18.2 Å². The number of aryl methyl sites for hydroxylation is 1. The number of thiazole rings is 1. The normalized spacial score (nSPS) is 19.6. The summed E-state index contributed by atoms with van der Waals surface area (Å²) in [6, 6.07) is 8.11. The van der Waals surface area contributed by atoms with E-state index in [4.69, 9.17) is 4.74 Å². The zero-order chi connectivity index (χ0) is 13.2. The van der Waals surface area contributed by atoms with Crippen LogP contribution in [0.4, 0.5) is 0 Å². The molecule has 1 aliphatic rings. The standard InChI is InChI=1S/C15H17NO2S/c1-10-9-19-15(16-10)13(17)8-11-6-7-18-14-5-3-2-4-12(11)14/h2-5,9,11,13,17H,6-8H2,1H3. The lowest BCUT2D eigenvalue weighted by atomic mass is 9.88. The zero-order valence-corrected chi connectivity index (χ0v) is 11.7. The molecule has 2 aromatic rings. The summed E-state index contributed by atoms with van der Waals surface area (Å²) in [5.74, 6) is 1.31. The average molecular weight is 275 g/mol. The Labute approximate surface area is 116 Å². The van der Waals surface area contributed by atoms with E-state index in [1.807, 2.05) is 30.5 Å². The van der Waals surface area contributed by atoms with Gasteiger partial charge in [0.25, 0.3) is 0 Å². The van der Waals surface area contributed by atoms with Gasteiger partial charge in [0.2, 0.25) is 0 Å². The molecule has 0 bridgehead atoms. The lowest BCUT2D eigenvalue weighted by Crippen LogP contribution is -2.16. The number of rotatable bonds is 3. The minimum Gasteiger partial charge on any atom is -0.493 e. The lowest BCUT2D eigenvalue weighted by Gasteiger charge is -2.27. The van der Waals surface area contributed by atoms with Crippen molar-refractivity contribution >= 4 is 11.3 Å². The van der Waals surface area contributed by atoms with E-state index < -0.39 is 6.10 Å². The van der Waals surface area contributed by atoms with Crippen molar-refractivity contribution in [1.82, 2.24) is 4.98 Å². The molecule has 0 aliphatic carbocycles. The van der Waals surface area contributed by atoms with Gasteiger partial charge in [0, 0.05) is 11.1 Å². The minimum atomic E-state index is -0.477. The van der Waals surface area contributed by atoms with E-state index in [1.165, 1.54) is 16.9 Å². The number of aliphatic hydroxyl groups excluding tert-OH is 1. The maximum Gasteiger partial charge on any atom is 0.122 e. The van der Waals surface area contributed by atoms with E-state index in [0.717, 1.165) is 29.5 Å². The molecule has 19 heavy (non-hydrogen) atoms. The molecule has 0 saturated heterocycles. The second-order valence-electron chi connectivity index (χ2n) is 4.95. The molecular weight excluding hydrogens is 258 g/mol. The van der Waals surface area contributed by atoms with Crippen molar-refractivity contribution in [2.24, 2.45) is 0 Å². The van der Waals surface area contributed by atoms with Crippen molar-refractivity contribution in [2.75, 3.05) is 6.61 Å². The summed E-state index contributed by atoms with van der Waals surface area (Å²) in [5.41, 5.74) is 2.19. The highest BCUT2D eigenvalue weighted by Gasteiger charge is 2.25. The molecular formula is C15H17NO2S. The summed E-state index contributed by atoms with van der Waals surface area (Å²) in [5, 5.41) is 13.1. The molecule has 100 valence electrons. The first-order chi connectivity index (χ1) is 9.24. The van der Waals surface area contributed by atoms with Gasteiger partial charge in [0.1, 0.15) is 16.9 Å². The maximum atomic E-state index is 10.3. The van der Waals surface area contributed by atoms with Crippen LogP contribution in [0.1, 0.15) is 41.1 Å². The average Bonchev–Trinajstić information content (AvgIpc) is 2.86. The van der Waals surface area contributed by atoms with Crippen LogP contribution < -0.4 is 4.74 Å². The molecule has 0 saturated carbocycles. The third-order valence-corrected chi connectivity index (χ3v) is 4.58. The van der Waals surface area contributed by atoms with Gasteiger partial charge < -0.3 is 9.84 Å². The van der Waals surface area contributed by atoms with Crippen LogP contribution in [0.25, 0.3) is 0 Å². The van der Waals surface area contributed by atoms with Crippen molar-refractivity contribution in [1.29, 1.82) is 0 Å². The monoisotopic (exact) mass is 275 g/mol. The van der Waals surface area contributed by atoms with Gasteiger partial charge in [-0.25, -0.2) is 4.98 Å². The van der Waals surface area contributed by atoms with Gasteiger partial charge in [0.05, 0.1) is 6.61 Å². The second-order valence-corrected chi connectivity index (χ2v) is 5.84. The number of aliphatic hydroxyl groups is 1. The Bertz CT molecular complexity index is 567. The predicted molar refractivity (Wildman–Crippen MR) is 75.7 cm³/mol. The van der Waals surface area contributed by atoms with Crippen LogP contribution in [0, 0.1) is 6.92 Å². The molecule has 3 rings (SSSR count). The fraction of sp³-hybridized carbons (Fsp3) is 0.400. The summed E-state index contributed by atoms with van der Waals surface area (Å²) in [6.45, 7) is 2.68. The first-order valence-corrected chi connectivity index (χ1v) is 7.44. The lowest BCUT2D eigenvalue weighted by molar-refractivity contribution is 0.144. The number of fused-ring (bicyclic) bond motifs is 1. The van der Waals surface area contributed by atoms with Gasteiger partial charge in [-0.2, -0.15) is 0 Å². The SMILES string of the molecule is Cc1csc(C(O)CC2CCOc3ccccc32)n1. The molecule has 3 nitrogen and oxygen atoms in total. The van der Waals surface area contributed by atoms with E-state index in [9.17, 15) is 5.11 Å². The molecule has 4 heteroatoms. The van der Waals surface area contributed by atoms with E-state index in [2.05, 4.69) is 11.1 Å². The number of benzene rings is 1. The van der Waals surface area contributed by atoms with Gasteiger partial charge >= 0.3 is 0 Å². The molecule has 2 atom stereocenters. The van der Waals surface area contributed by atoms with Crippen LogP contribution in [0.5, 0.6) is 5.75 Å². The smallest absolute Gasteiger partial charge is 0.122 e. The zero-order valence-electron chi connectivity index (χ0n) is 10.9. The summed E-state index contributed by atoms with van der Waals surface area (Å²) >= 11 is 1.54. The molecule has 1 aliphatic heterocycles. The molecule has 1 N–H and O–H groups in total. The molecule has 1 aromatic heterocycles. The Hall–Kier alpha value is -1.39. The Morgan fingerprint density at radius 1 is 1.47 bits per heavy atom. The van der Waals surface area contributed by atoms with E-state index in [-0.39, 0.29) is 0 Å². The summed E-state index contributed by atoms with van der Waals surface area (Å²) in [7, 11) is 0. The van der Waals surface area contributed by atoms with Crippen LogP contribution in [0.3, 0.4) is 0 Å². The van der Waals surface area contributed by atoms with Gasteiger partial charge in [0.15, 0.2) is 0 Å². The van der Waals surface area contributed by atoms with E-state index >= 15 is 0 Å². The molecule has 0 fully saturated rings. The highest BCUT2D eigenvalue weighted by atomic mass is 32.1. The quantitative estimate of drug-likeness (QED) is 0.933. The second kappa shape index (κ2) is 5.31. The van der Waals surface area contributed by atoms with Crippen LogP contribution >= 0.6 is 11.3 Å². The topological polar surface area (TPSA) is 42.4 Å². The first kappa shape index (κ1) is 12.6. The first-order valence-electron chi connectivity index (χ1n) is 6.56. The van der Waals surface area contributed by atoms with Crippen LogP contribution in [-0.4, -0.2) is 16.7 Å². The van der Waals surface area contributed by atoms with Gasteiger partial charge in [-0.3, -0.25) is 0 Å². The molecule has 0 radical (unpaired) electrons. The molecule has 2 unspecified atom stereocenters. The highest BCUT2D eigenvalue weighted by molar-refractivity contribution is 7.09. The summed E-state index contributed by atoms with van der Waals surface area (Å²) in [4.78, 5) is 4.37. The fourth-order valence-electron chi connectivity index (χ4n) is 2.56. The molecule has 1 aromatic carbocycles. The third-order valence-electron chi connectivity index (χ3n) is 3.51. The summed E-state index contributed by atoms with van der Waals surface area (Å²) in [6.07, 6.45) is 1.20. The van der Waals surface area contributed by atoms with Crippen molar-refractivity contribution < 1.29 is 9.84 Å². The molecule has 0 amide bonds. The highest BCUT2D eigenvalue weighted by Crippen LogP contribution is 2.39. The fourth-order valence-corrected chi connectivity index (χ4v) is 3.35. The number of aromatic nitrogens is 1. The molecule has 0 spiro atoms. The van der Waals surface area contributed by atoms with Crippen LogP contribution in [0.15, 0.2) is 29.6 Å². The molecule has 2 heterocycles. The Kier molecular flexibility index (Phi) is 3.53. The van der Waals surface area contributed by atoms with Crippen LogP contribution in [-0.2, 0) is 0 Å². The Morgan fingerprint density at radius 2 is 2.32 bits per heavy atom. The van der Waals surface area contributed by atoms with E-state index in [1.54, 1.807) is 0 Å². The van der Waals surface area contributed by atoms with Crippen molar-refractivity contribution in [3.05, 3.63) is 45.9 Å². The van der Waals surface area contributed by atoms with Gasteiger partial charge in [-0.05, 0) is 37.3 Å². The Balaban J connectivity index is 1.77. The largest absolute Gasteiger partial charge is 0.493 e. The minimum absolute atomic E-state index is 0.351. The van der Waals surface area contributed by atoms with Crippen LogP contribution in [0.2, 0.25) is 0 Å². The maximum absolute atomic E-state index is 10.3. The number of para-hydroxylation sites is 1. The van der Waals surface area contributed by atoms with Gasteiger partial charge in [-0.15, -0.1) is 11.3 Å².